The molecular formula is C21H20F2N2O4. The zero-order chi connectivity index (χ0) is 21.4. The van der Waals surface area contributed by atoms with E-state index in [2.05, 4.69) is 5.32 Å². The third-order valence-electron chi connectivity index (χ3n) is 3.96. The van der Waals surface area contributed by atoms with Gasteiger partial charge in [0.05, 0.1) is 17.2 Å². The normalized spacial score (nSPS) is 12.9. The number of nitrogens with two attached hydrogens (primary N) is 1. The topological polar surface area (TPSA) is 102 Å². The van der Waals surface area contributed by atoms with E-state index in [0.717, 1.165) is 12.1 Å². The maximum Gasteiger partial charge on any atom is 0.335 e. The number of amides is 1. The minimum Gasteiger partial charge on any atom is -0.489 e. The van der Waals surface area contributed by atoms with Crippen molar-refractivity contribution in [2.75, 3.05) is 6.61 Å². The average Bonchev–Trinajstić information content (AvgIpc) is 2.70. The summed E-state index contributed by atoms with van der Waals surface area (Å²) >= 11 is 0. The molecule has 152 valence electrons. The standard InChI is InChI=1S/C21H20F2N2O4/c1-13(14-5-7-15(8-6-14)21(27)28)25-20(26)16(9-18(23)11-24)12-29-19-4-2-3-17(22)10-19/h2-11,13H,12,24H2,1H3,(H,25,26)(H,27,28)/b16-9+,18-11+. The molecule has 0 radical (unpaired) electrons. The Kier molecular flexibility index (Phi) is 7.47. The van der Waals surface area contributed by atoms with Crippen LogP contribution in [0.5, 0.6) is 5.75 Å². The van der Waals surface area contributed by atoms with Gasteiger partial charge in [-0.1, -0.05) is 18.2 Å². The third kappa shape index (κ3) is 6.46. The van der Waals surface area contributed by atoms with E-state index in [1.165, 1.54) is 30.3 Å². The summed E-state index contributed by atoms with van der Waals surface area (Å²) in [6, 6.07) is 10.8. The molecule has 6 nitrogen and oxygen atoms in total. The number of hydrogen-bond acceptors (Lipinski definition) is 4. The highest BCUT2D eigenvalue weighted by molar-refractivity contribution is 5.94. The smallest absolute Gasteiger partial charge is 0.335 e. The van der Waals surface area contributed by atoms with Gasteiger partial charge in [0.2, 0.25) is 0 Å². The Balaban J connectivity index is 2.12. The van der Waals surface area contributed by atoms with E-state index in [9.17, 15) is 18.4 Å². The summed E-state index contributed by atoms with van der Waals surface area (Å²) in [5.41, 5.74) is 5.83. The molecule has 0 heterocycles. The van der Waals surface area contributed by atoms with E-state index in [1.54, 1.807) is 19.1 Å². The Morgan fingerprint density at radius 1 is 1.24 bits per heavy atom. The van der Waals surface area contributed by atoms with Crippen molar-refractivity contribution in [1.29, 1.82) is 0 Å². The van der Waals surface area contributed by atoms with Crippen LogP contribution in [0, 0.1) is 5.82 Å². The van der Waals surface area contributed by atoms with Crippen LogP contribution >= 0.6 is 0 Å². The summed E-state index contributed by atoms with van der Waals surface area (Å²) in [6.45, 7) is 1.37. The number of carboxylic acid groups (broad SMARTS) is 1. The lowest BCUT2D eigenvalue weighted by atomic mass is 10.1. The summed E-state index contributed by atoms with van der Waals surface area (Å²) in [7, 11) is 0. The summed E-state index contributed by atoms with van der Waals surface area (Å²) in [6.07, 6.45) is 1.62. The zero-order valence-corrected chi connectivity index (χ0v) is 15.6. The number of nitrogens with one attached hydrogen (secondary N) is 1. The first-order valence-corrected chi connectivity index (χ1v) is 8.60. The number of carbonyl (C=O) groups excluding carboxylic acids is 1. The predicted octanol–water partition coefficient (Wildman–Crippen LogP) is 3.48. The van der Waals surface area contributed by atoms with Crippen LogP contribution in [-0.4, -0.2) is 23.6 Å². The molecule has 0 aromatic heterocycles. The highest BCUT2D eigenvalue weighted by atomic mass is 19.1. The van der Waals surface area contributed by atoms with Crippen LogP contribution in [-0.2, 0) is 4.79 Å². The fraction of sp³-hybridized carbons (Fsp3) is 0.143. The van der Waals surface area contributed by atoms with Crippen LogP contribution in [0.2, 0.25) is 0 Å². The second-order valence-electron chi connectivity index (χ2n) is 6.09. The maximum absolute atomic E-state index is 13.6. The lowest BCUT2D eigenvalue weighted by Crippen LogP contribution is -2.30. The van der Waals surface area contributed by atoms with Crippen LogP contribution in [0.4, 0.5) is 8.78 Å². The first-order chi connectivity index (χ1) is 13.8. The van der Waals surface area contributed by atoms with Gasteiger partial charge in [-0.25, -0.2) is 13.6 Å². The number of ether oxygens (including phenoxy) is 1. The molecule has 8 heteroatoms. The number of carboxylic acids is 1. The Morgan fingerprint density at radius 2 is 1.93 bits per heavy atom. The van der Waals surface area contributed by atoms with Gasteiger partial charge in [0.15, 0.2) is 0 Å². The van der Waals surface area contributed by atoms with Crippen molar-refractivity contribution in [2.45, 2.75) is 13.0 Å². The molecule has 0 aliphatic rings. The molecule has 0 saturated heterocycles. The lowest BCUT2D eigenvalue weighted by molar-refractivity contribution is -0.118. The minimum absolute atomic E-state index is 0.0672. The molecule has 2 aromatic carbocycles. The first-order valence-electron chi connectivity index (χ1n) is 8.60. The number of rotatable bonds is 8. The second-order valence-corrected chi connectivity index (χ2v) is 6.09. The van der Waals surface area contributed by atoms with Gasteiger partial charge in [-0.05, 0) is 42.8 Å². The summed E-state index contributed by atoms with van der Waals surface area (Å²) < 4.78 is 32.3. The van der Waals surface area contributed by atoms with E-state index >= 15 is 0 Å². The Hall–Kier alpha value is -3.68. The largest absolute Gasteiger partial charge is 0.489 e. The van der Waals surface area contributed by atoms with Crippen LogP contribution < -0.4 is 15.8 Å². The number of allylic oxidation sites excluding steroid dienone is 2. The van der Waals surface area contributed by atoms with E-state index in [-0.39, 0.29) is 23.5 Å². The maximum atomic E-state index is 13.6. The monoisotopic (exact) mass is 402 g/mol. The van der Waals surface area contributed by atoms with Gasteiger partial charge in [0.25, 0.3) is 5.91 Å². The van der Waals surface area contributed by atoms with Gasteiger partial charge in [0, 0.05) is 12.3 Å². The van der Waals surface area contributed by atoms with Gasteiger partial charge in [0.1, 0.15) is 24.0 Å². The lowest BCUT2D eigenvalue weighted by Gasteiger charge is -2.16. The molecule has 0 aliphatic carbocycles. The molecule has 0 spiro atoms. The van der Waals surface area contributed by atoms with Crippen molar-refractivity contribution in [3.8, 4) is 5.75 Å². The van der Waals surface area contributed by atoms with Gasteiger partial charge in [-0.15, -0.1) is 0 Å². The average molecular weight is 402 g/mol. The van der Waals surface area contributed by atoms with Gasteiger partial charge >= 0.3 is 5.97 Å². The molecule has 1 unspecified atom stereocenters. The molecule has 0 saturated carbocycles. The van der Waals surface area contributed by atoms with Crippen LogP contribution in [0.25, 0.3) is 0 Å². The molecule has 29 heavy (non-hydrogen) atoms. The fourth-order valence-electron chi connectivity index (χ4n) is 2.39. The molecular weight excluding hydrogens is 382 g/mol. The van der Waals surface area contributed by atoms with Crippen molar-refractivity contribution >= 4 is 11.9 Å². The van der Waals surface area contributed by atoms with E-state index in [0.29, 0.717) is 11.8 Å². The molecule has 2 rings (SSSR count). The van der Waals surface area contributed by atoms with Crippen LogP contribution in [0.15, 0.2) is 72.2 Å². The summed E-state index contributed by atoms with van der Waals surface area (Å²) in [5.74, 6) is -2.84. The van der Waals surface area contributed by atoms with Gasteiger partial charge in [-0.3, -0.25) is 4.79 Å². The second kappa shape index (κ2) is 10.0. The zero-order valence-electron chi connectivity index (χ0n) is 15.6. The molecule has 0 bridgehead atoms. The highest BCUT2D eigenvalue weighted by Crippen LogP contribution is 2.17. The molecule has 0 aliphatic heterocycles. The SMILES string of the molecule is CC(NC(=O)/C(=C/C(F)=C\N)COc1cccc(F)c1)c1ccc(C(=O)O)cc1. The Bertz CT molecular complexity index is 940. The number of aromatic carboxylic acids is 1. The number of hydrogen-bond donors (Lipinski definition) is 3. The molecule has 0 fully saturated rings. The van der Waals surface area contributed by atoms with Crippen molar-refractivity contribution < 1.29 is 28.2 Å². The number of carbonyl (C=O) groups is 2. The van der Waals surface area contributed by atoms with Gasteiger partial charge < -0.3 is 20.9 Å². The van der Waals surface area contributed by atoms with Crippen molar-refractivity contribution in [3.63, 3.8) is 0 Å². The molecule has 1 amide bonds. The van der Waals surface area contributed by atoms with Crippen molar-refractivity contribution in [2.24, 2.45) is 5.73 Å². The van der Waals surface area contributed by atoms with Crippen LogP contribution in [0.3, 0.4) is 0 Å². The van der Waals surface area contributed by atoms with E-state index in [1.807, 2.05) is 0 Å². The Morgan fingerprint density at radius 3 is 2.52 bits per heavy atom. The first kappa shape index (κ1) is 21.6. The predicted molar refractivity (Wildman–Crippen MR) is 103 cm³/mol. The summed E-state index contributed by atoms with van der Waals surface area (Å²) in [4.78, 5) is 23.5. The van der Waals surface area contributed by atoms with Crippen molar-refractivity contribution in [3.05, 3.63) is 89.2 Å². The Labute approximate surface area is 166 Å². The molecule has 1 atom stereocenters. The van der Waals surface area contributed by atoms with E-state index in [4.69, 9.17) is 15.6 Å². The highest BCUT2D eigenvalue weighted by Gasteiger charge is 2.16. The van der Waals surface area contributed by atoms with E-state index < -0.39 is 29.6 Å². The van der Waals surface area contributed by atoms with Gasteiger partial charge in [-0.2, -0.15) is 0 Å². The molecule has 2 aromatic rings. The number of halogens is 2. The molecule has 4 N–H and O–H groups in total. The third-order valence-corrected chi connectivity index (χ3v) is 3.96. The van der Waals surface area contributed by atoms with Crippen molar-refractivity contribution in [1.82, 2.24) is 5.32 Å². The minimum atomic E-state index is -1.06. The fourth-order valence-corrected chi connectivity index (χ4v) is 2.39. The van der Waals surface area contributed by atoms with Crippen LogP contribution in [0.1, 0.15) is 28.9 Å². The summed E-state index contributed by atoms with van der Waals surface area (Å²) in [5, 5.41) is 11.6. The quantitative estimate of drug-likeness (QED) is 0.464. The number of benzene rings is 2.